The molecule has 0 bridgehead atoms. The third kappa shape index (κ3) is 185. The van der Waals surface area contributed by atoms with Crippen LogP contribution in [0.4, 0.5) is 0 Å². The molecule has 0 radical (unpaired) electrons. The molecular formula is C7H16MgOSi. The van der Waals surface area contributed by atoms with Crippen LogP contribution in [-0.4, -0.2) is 37.4 Å². The van der Waals surface area contributed by atoms with Gasteiger partial charge in [-0.3, -0.25) is 0 Å². The molecule has 0 aromatic heterocycles. The van der Waals surface area contributed by atoms with Gasteiger partial charge in [0.05, 0.1) is 6.29 Å². The Hall–Kier alpha value is 0.653. The summed E-state index contributed by atoms with van der Waals surface area (Å²) in [7, 11) is -0.861. The van der Waals surface area contributed by atoms with Crippen LogP contribution >= 0.6 is 0 Å². The summed E-state index contributed by atoms with van der Waals surface area (Å²) in [6.07, 6.45) is 1.15. The van der Waals surface area contributed by atoms with Crippen LogP contribution in [0.5, 0.6) is 0 Å². The van der Waals surface area contributed by atoms with Gasteiger partial charge in [0.25, 0.3) is 0 Å². The van der Waals surface area contributed by atoms with Crippen molar-refractivity contribution in [2.24, 2.45) is 0 Å². The van der Waals surface area contributed by atoms with Crippen LogP contribution in [0.2, 0.25) is 19.6 Å². The fourth-order valence-corrected chi connectivity index (χ4v) is 0. The summed E-state index contributed by atoms with van der Waals surface area (Å²) in [5.74, 6) is 0. The van der Waals surface area contributed by atoms with E-state index in [0.717, 1.165) is 6.29 Å². The fourth-order valence-electron chi connectivity index (χ4n) is 0. The predicted molar refractivity (Wildman–Crippen MR) is 50.5 cm³/mol. The molecule has 0 heterocycles. The molecule has 0 fully saturated rings. The van der Waals surface area contributed by atoms with Crippen molar-refractivity contribution in [3.05, 3.63) is 13.5 Å². The molecule has 0 aliphatic rings. The first-order valence-corrected chi connectivity index (χ1v) is 6.70. The van der Waals surface area contributed by atoms with Crippen molar-refractivity contribution in [2.45, 2.75) is 26.1 Å². The van der Waals surface area contributed by atoms with Crippen molar-refractivity contribution in [3.63, 3.8) is 0 Å². The van der Waals surface area contributed by atoms with Gasteiger partial charge in [-0.15, -0.1) is 14.5 Å². The molecule has 1 nitrogen and oxygen atoms in total. The van der Waals surface area contributed by atoms with Crippen molar-refractivity contribution >= 4 is 37.4 Å². The van der Waals surface area contributed by atoms with Gasteiger partial charge in [-0.2, -0.15) is 0 Å². The third-order valence-corrected chi connectivity index (χ3v) is 0.118. The second kappa shape index (κ2) is 9.65. The summed E-state index contributed by atoms with van der Waals surface area (Å²) in [5, 5.41) is 0. The Labute approximate surface area is 81.7 Å². The second-order valence-electron chi connectivity index (χ2n) is 3.02. The first kappa shape index (κ1) is 16.9. The molecular weight excluding hydrogens is 152 g/mol. The maximum atomic E-state index is 9.11. The van der Waals surface area contributed by atoms with Crippen LogP contribution < -0.4 is 0 Å². The number of hydrogen-bond donors (Lipinski definition) is 0. The number of carbonyl (C=O) groups excluding carboxylic acids is 1. The Morgan fingerprint density at radius 2 is 1.50 bits per heavy atom. The SMILES string of the molecule is [CH2-]CC=O.[CH2-][Si](C)(C)C.[Mg+2]. The Morgan fingerprint density at radius 1 is 1.40 bits per heavy atom. The zero-order valence-corrected chi connectivity index (χ0v) is 9.73. The van der Waals surface area contributed by atoms with Crippen LogP contribution in [0.3, 0.4) is 0 Å². The van der Waals surface area contributed by atoms with Crippen molar-refractivity contribution < 1.29 is 4.79 Å². The van der Waals surface area contributed by atoms with E-state index >= 15 is 0 Å². The summed E-state index contributed by atoms with van der Waals surface area (Å²) in [6.45, 7) is 13.8. The first-order chi connectivity index (χ1) is 3.91. The van der Waals surface area contributed by atoms with E-state index in [4.69, 9.17) is 4.79 Å². The van der Waals surface area contributed by atoms with Crippen LogP contribution in [0.25, 0.3) is 0 Å². The van der Waals surface area contributed by atoms with Crippen LogP contribution in [0.1, 0.15) is 6.42 Å². The molecule has 0 saturated heterocycles. The third-order valence-electron chi connectivity index (χ3n) is 0.118. The van der Waals surface area contributed by atoms with E-state index in [2.05, 4.69) is 33.1 Å². The van der Waals surface area contributed by atoms with Gasteiger partial charge in [0.2, 0.25) is 0 Å². The molecule has 0 unspecified atom stereocenters. The average molecular weight is 169 g/mol. The quantitative estimate of drug-likeness (QED) is 0.331. The molecule has 56 valence electrons. The van der Waals surface area contributed by atoms with Crippen molar-refractivity contribution in [2.75, 3.05) is 0 Å². The predicted octanol–water partition coefficient (Wildman–Crippen LogP) is 1.73. The minimum absolute atomic E-state index is 0. The van der Waals surface area contributed by atoms with Crippen LogP contribution in [0, 0.1) is 13.5 Å². The summed E-state index contributed by atoms with van der Waals surface area (Å²) in [4.78, 5) is 9.11. The Balaban J connectivity index is -0.0000000910. The van der Waals surface area contributed by atoms with Gasteiger partial charge in [-0.05, 0) is 0 Å². The molecule has 0 atom stereocenters. The number of aldehydes is 1. The number of rotatable bonds is 1. The Morgan fingerprint density at radius 3 is 1.50 bits per heavy atom. The molecule has 0 aromatic rings. The van der Waals surface area contributed by atoms with E-state index < -0.39 is 8.07 Å². The average Bonchev–Trinajstić information content (AvgIpc) is 1.61. The molecule has 0 N–H and O–H groups in total. The summed E-state index contributed by atoms with van der Waals surface area (Å²) < 4.78 is 0. The van der Waals surface area contributed by atoms with Crippen LogP contribution in [-0.2, 0) is 4.79 Å². The van der Waals surface area contributed by atoms with E-state index in [1.54, 1.807) is 0 Å². The van der Waals surface area contributed by atoms with Gasteiger partial charge in [0.1, 0.15) is 0 Å². The molecule has 3 heteroatoms. The number of carbonyl (C=O) groups is 1. The maximum Gasteiger partial charge on any atom is 2.00 e. The molecule has 0 aliphatic carbocycles. The van der Waals surface area contributed by atoms with Crippen LogP contribution in [0.15, 0.2) is 0 Å². The molecule has 0 spiro atoms. The van der Waals surface area contributed by atoms with Crippen molar-refractivity contribution in [1.82, 2.24) is 0 Å². The molecule has 0 aliphatic heterocycles. The summed E-state index contributed by atoms with van der Waals surface area (Å²) >= 11 is 0. The molecule has 0 aromatic carbocycles. The molecule has 0 saturated carbocycles. The van der Waals surface area contributed by atoms with Gasteiger partial charge >= 0.3 is 23.1 Å². The zero-order chi connectivity index (χ0) is 7.91. The Bertz CT molecular complexity index is 62.5. The summed E-state index contributed by atoms with van der Waals surface area (Å²) in [6, 6.07) is 0. The molecule has 0 rings (SSSR count). The largest absolute Gasteiger partial charge is 2.00 e. The van der Waals surface area contributed by atoms with E-state index in [0.29, 0.717) is 6.42 Å². The second-order valence-corrected chi connectivity index (χ2v) is 8.14. The van der Waals surface area contributed by atoms with Gasteiger partial charge in [0, 0.05) is 0 Å². The minimum Gasteiger partial charge on any atom is -0.342 e. The smallest absolute Gasteiger partial charge is 0.342 e. The standard InChI is InChI=1S/C4H11Si.C3H5O.Mg/c1-5(2,3)4;1-2-3-4;/h1H2,2-4H3;3H,1-2H2;/q2*-1;+2. The topological polar surface area (TPSA) is 17.1 Å². The number of hydrogen-bond acceptors (Lipinski definition) is 1. The fraction of sp³-hybridized carbons (Fsp3) is 0.571. The monoisotopic (exact) mass is 168 g/mol. The van der Waals surface area contributed by atoms with E-state index in [1.807, 2.05) is 0 Å². The normalized spacial score (nSPS) is 8.50. The molecule has 0 amide bonds. The summed E-state index contributed by atoms with van der Waals surface area (Å²) in [5.41, 5.74) is 0. The van der Waals surface area contributed by atoms with Gasteiger partial charge in [-0.1, -0.05) is 19.6 Å². The van der Waals surface area contributed by atoms with E-state index in [1.165, 1.54) is 0 Å². The van der Waals surface area contributed by atoms with Gasteiger partial charge < -0.3 is 18.3 Å². The van der Waals surface area contributed by atoms with Crippen molar-refractivity contribution in [3.8, 4) is 0 Å². The van der Waals surface area contributed by atoms with Gasteiger partial charge in [-0.25, -0.2) is 0 Å². The maximum absolute atomic E-state index is 9.11. The minimum atomic E-state index is -0.861. The first-order valence-electron chi connectivity index (χ1n) is 3.00. The zero-order valence-electron chi connectivity index (χ0n) is 7.31. The van der Waals surface area contributed by atoms with E-state index in [-0.39, 0.29) is 23.1 Å². The van der Waals surface area contributed by atoms with Crippen molar-refractivity contribution in [1.29, 1.82) is 0 Å². The molecule has 10 heavy (non-hydrogen) atoms. The Kier molecular flexibility index (Phi) is 16.4. The van der Waals surface area contributed by atoms with E-state index in [9.17, 15) is 0 Å². The van der Waals surface area contributed by atoms with Gasteiger partial charge in [0.15, 0.2) is 0 Å².